The van der Waals surface area contributed by atoms with Gasteiger partial charge in [-0.05, 0) is 75.3 Å². The van der Waals surface area contributed by atoms with Crippen LogP contribution >= 0.6 is 0 Å². The fourth-order valence-corrected chi connectivity index (χ4v) is 4.94. The number of fused-ring (bicyclic) bond motifs is 3. The normalized spacial score (nSPS) is 23.9. The number of hydrogen-bond acceptors (Lipinski definition) is 2. The van der Waals surface area contributed by atoms with Gasteiger partial charge in [-0.2, -0.15) is 4.40 Å². The van der Waals surface area contributed by atoms with Crippen molar-refractivity contribution in [2.24, 2.45) is 16.2 Å². The summed E-state index contributed by atoms with van der Waals surface area (Å²) in [6.45, 7) is 6.58. The van der Waals surface area contributed by atoms with Gasteiger partial charge in [-0.1, -0.05) is 36.4 Å². The Morgan fingerprint density at radius 3 is 2.36 bits per heavy atom. The first kappa shape index (κ1) is 19.4. The number of hydrogen-bond donors (Lipinski definition) is 0. The van der Waals surface area contributed by atoms with Crippen LogP contribution in [0, 0.1) is 11.8 Å². The number of ether oxygens (including phenoxy) is 1. The largest absolute Gasteiger partial charge is 0.489 e. The van der Waals surface area contributed by atoms with Gasteiger partial charge in [0.2, 0.25) is 0 Å². The summed E-state index contributed by atoms with van der Waals surface area (Å²) in [7, 11) is -1.17. The van der Waals surface area contributed by atoms with Crippen molar-refractivity contribution in [1.82, 2.24) is 0 Å². The highest BCUT2D eigenvalue weighted by atomic mass is 32.2. The summed E-state index contributed by atoms with van der Waals surface area (Å²) in [6.07, 6.45) is 4.30. The van der Waals surface area contributed by atoms with Crippen LogP contribution in [0.2, 0.25) is 0 Å². The van der Waals surface area contributed by atoms with Gasteiger partial charge in [0.25, 0.3) is 0 Å². The third kappa shape index (κ3) is 4.22. The maximum Gasteiger partial charge on any atom is 0.144 e. The molecular formula is C24H29NO2S. The first-order valence-electron chi connectivity index (χ1n) is 10.2. The molecular weight excluding hydrogens is 366 g/mol. The molecule has 0 radical (unpaired) electrons. The monoisotopic (exact) mass is 395 g/mol. The van der Waals surface area contributed by atoms with Gasteiger partial charge in [-0.15, -0.1) is 0 Å². The van der Waals surface area contributed by atoms with Crippen LogP contribution in [-0.2, 0) is 30.4 Å². The van der Waals surface area contributed by atoms with E-state index in [1.807, 2.05) is 39.0 Å². The third-order valence-corrected chi connectivity index (χ3v) is 7.20. The highest BCUT2D eigenvalue weighted by Crippen LogP contribution is 2.39. The zero-order valence-corrected chi connectivity index (χ0v) is 17.8. The summed E-state index contributed by atoms with van der Waals surface area (Å²) in [5.41, 5.74) is 5.13. The van der Waals surface area contributed by atoms with E-state index in [0.717, 1.165) is 31.4 Å². The van der Waals surface area contributed by atoms with Crippen molar-refractivity contribution in [3.05, 3.63) is 65.2 Å². The van der Waals surface area contributed by atoms with E-state index in [2.05, 4.69) is 30.3 Å². The molecule has 4 heteroatoms. The Labute approximate surface area is 170 Å². The molecule has 1 saturated carbocycles. The molecule has 4 rings (SSSR count). The highest BCUT2D eigenvalue weighted by Gasteiger charge is 2.37. The van der Waals surface area contributed by atoms with E-state index in [0.29, 0.717) is 18.4 Å². The second kappa shape index (κ2) is 7.82. The minimum absolute atomic E-state index is 0.302. The Morgan fingerprint density at radius 2 is 1.68 bits per heavy atom. The predicted octanol–water partition coefficient (Wildman–Crippen LogP) is 5.29. The van der Waals surface area contributed by atoms with Crippen LogP contribution in [0.25, 0.3) is 0 Å². The Bertz CT molecular complexity index is 899. The van der Waals surface area contributed by atoms with Gasteiger partial charge in [0, 0.05) is 17.5 Å². The summed E-state index contributed by atoms with van der Waals surface area (Å²) < 4.78 is 23.1. The van der Waals surface area contributed by atoms with Crippen LogP contribution in [-0.4, -0.2) is 14.7 Å². The molecule has 0 heterocycles. The number of rotatable bonds is 4. The van der Waals surface area contributed by atoms with Gasteiger partial charge in [0.15, 0.2) is 0 Å². The van der Waals surface area contributed by atoms with Crippen molar-refractivity contribution in [3.8, 4) is 5.75 Å². The molecule has 0 aliphatic heterocycles. The molecule has 0 amide bonds. The van der Waals surface area contributed by atoms with E-state index in [-0.39, 0.29) is 4.75 Å². The lowest BCUT2D eigenvalue weighted by Crippen LogP contribution is -2.24. The Kier molecular flexibility index (Phi) is 5.42. The molecule has 3 atom stereocenters. The summed E-state index contributed by atoms with van der Waals surface area (Å²) >= 11 is 0. The topological polar surface area (TPSA) is 38.7 Å². The van der Waals surface area contributed by atoms with Crippen LogP contribution < -0.4 is 4.74 Å². The lowest BCUT2D eigenvalue weighted by molar-refractivity contribution is 0.305. The van der Waals surface area contributed by atoms with E-state index >= 15 is 0 Å². The lowest BCUT2D eigenvalue weighted by Gasteiger charge is -2.17. The van der Waals surface area contributed by atoms with E-state index in [9.17, 15) is 4.21 Å². The molecule has 2 aliphatic carbocycles. The molecule has 1 unspecified atom stereocenters. The van der Waals surface area contributed by atoms with Crippen LogP contribution in [0.5, 0.6) is 5.75 Å². The van der Waals surface area contributed by atoms with Crippen molar-refractivity contribution in [3.63, 3.8) is 0 Å². The fraction of sp³-hybridized carbons (Fsp3) is 0.458. The molecule has 2 aromatic rings. The van der Waals surface area contributed by atoms with Crippen LogP contribution in [0.3, 0.4) is 0 Å². The van der Waals surface area contributed by atoms with Gasteiger partial charge >= 0.3 is 0 Å². The first-order valence-corrected chi connectivity index (χ1v) is 11.3. The molecule has 2 bridgehead atoms. The quantitative estimate of drug-likeness (QED) is 0.705. The predicted molar refractivity (Wildman–Crippen MR) is 116 cm³/mol. The van der Waals surface area contributed by atoms with Crippen LogP contribution in [0.15, 0.2) is 52.9 Å². The maximum absolute atomic E-state index is 12.6. The first-order chi connectivity index (χ1) is 13.4. The van der Waals surface area contributed by atoms with Crippen LogP contribution in [0.1, 0.15) is 50.3 Å². The Morgan fingerprint density at radius 1 is 1.00 bits per heavy atom. The fourth-order valence-electron chi connectivity index (χ4n) is 4.18. The number of benzene rings is 2. The Hall–Kier alpha value is -1.94. The molecule has 0 saturated heterocycles. The average Bonchev–Trinajstić information content (AvgIpc) is 2.94. The standard InChI is InChI=1S/C24H29NO2S/c1-24(2,3)28(26)25-23-19-9-10-20(23)14-21-15-22(12-11-18(21)13-19)27-16-17-7-5-4-6-8-17/h4-8,11-12,15,19-20H,9-10,13-14,16H2,1-3H3/b25-23+/t19-,20+,28?/m0/s1. The van der Waals surface area contributed by atoms with Gasteiger partial charge < -0.3 is 4.74 Å². The summed E-state index contributed by atoms with van der Waals surface area (Å²) in [5.74, 6) is 1.78. The summed E-state index contributed by atoms with van der Waals surface area (Å²) in [5, 5.41) is 0. The molecule has 2 aromatic carbocycles. The zero-order valence-electron chi connectivity index (χ0n) is 17.0. The second-order valence-corrected chi connectivity index (χ2v) is 10.9. The zero-order chi connectivity index (χ0) is 19.7. The van der Waals surface area contributed by atoms with Gasteiger partial charge in [0.1, 0.15) is 23.3 Å². The SMILES string of the molecule is CC(C)(C)S(=O)/N=C1/[C@@H]2CC[C@H]1Cc1ccc(OCc3ccccc3)cc1C2. The molecule has 1 fully saturated rings. The van der Waals surface area contributed by atoms with Crippen molar-refractivity contribution in [2.45, 2.75) is 57.8 Å². The average molecular weight is 396 g/mol. The van der Waals surface area contributed by atoms with Gasteiger partial charge in [-0.25, -0.2) is 4.21 Å². The van der Waals surface area contributed by atoms with Gasteiger partial charge in [0.05, 0.1) is 4.75 Å². The van der Waals surface area contributed by atoms with Crippen molar-refractivity contribution >= 4 is 16.7 Å². The lowest BCUT2D eigenvalue weighted by atomic mass is 9.93. The highest BCUT2D eigenvalue weighted by molar-refractivity contribution is 7.85. The van der Waals surface area contributed by atoms with Crippen molar-refractivity contribution in [1.29, 1.82) is 0 Å². The van der Waals surface area contributed by atoms with E-state index in [1.165, 1.54) is 22.4 Å². The third-order valence-electron chi connectivity index (χ3n) is 5.77. The smallest absolute Gasteiger partial charge is 0.144 e. The Balaban J connectivity index is 1.53. The molecule has 148 valence electrons. The molecule has 0 N–H and O–H groups in total. The minimum atomic E-state index is -1.17. The molecule has 3 nitrogen and oxygen atoms in total. The molecule has 0 spiro atoms. The molecule has 0 aromatic heterocycles. The van der Waals surface area contributed by atoms with E-state index in [1.54, 1.807) is 0 Å². The summed E-state index contributed by atoms with van der Waals surface area (Å²) in [4.78, 5) is 0. The second-order valence-electron chi connectivity index (χ2n) is 8.96. The number of nitrogens with zero attached hydrogens (tertiary/aromatic N) is 1. The maximum atomic E-state index is 12.6. The van der Waals surface area contributed by atoms with E-state index in [4.69, 9.17) is 9.13 Å². The van der Waals surface area contributed by atoms with Crippen molar-refractivity contribution in [2.75, 3.05) is 0 Å². The van der Waals surface area contributed by atoms with Crippen molar-refractivity contribution < 1.29 is 8.95 Å². The summed E-state index contributed by atoms with van der Waals surface area (Å²) in [6, 6.07) is 16.8. The van der Waals surface area contributed by atoms with Gasteiger partial charge in [-0.3, -0.25) is 0 Å². The molecule has 2 aliphatic rings. The van der Waals surface area contributed by atoms with Crippen LogP contribution in [0.4, 0.5) is 0 Å². The van der Waals surface area contributed by atoms with E-state index < -0.39 is 11.0 Å². The minimum Gasteiger partial charge on any atom is -0.489 e. The molecule has 28 heavy (non-hydrogen) atoms.